The van der Waals surface area contributed by atoms with E-state index in [2.05, 4.69) is 6.58 Å². The molecule has 0 aliphatic heterocycles. The minimum absolute atomic E-state index is 0.244. The lowest BCUT2D eigenvalue weighted by Crippen LogP contribution is -1.87. The molecular formula is C11H13NO. The molecule has 2 heteroatoms. The second-order valence-corrected chi connectivity index (χ2v) is 2.76. The summed E-state index contributed by atoms with van der Waals surface area (Å²) in [6, 6.07) is 5.14. The summed E-state index contributed by atoms with van der Waals surface area (Å²) in [5, 5.41) is 9.45. The predicted molar refractivity (Wildman–Crippen MR) is 55.6 cm³/mol. The highest BCUT2D eigenvalue weighted by atomic mass is 16.3. The van der Waals surface area contributed by atoms with Crippen molar-refractivity contribution in [2.75, 3.05) is 5.73 Å². The Kier molecular flexibility index (Phi) is 3.15. The lowest BCUT2D eigenvalue weighted by atomic mass is 10.1. The Morgan fingerprint density at radius 1 is 1.46 bits per heavy atom. The maximum Gasteiger partial charge on any atom is 0.121 e. The summed E-state index contributed by atoms with van der Waals surface area (Å²) >= 11 is 0. The topological polar surface area (TPSA) is 46.2 Å². The van der Waals surface area contributed by atoms with Gasteiger partial charge in [0.05, 0.1) is 0 Å². The third kappa shape index (κ3) is 2.67. The molecule has 0 unspecified atom stereocenters. The van der Waals surface area contributed by atoms with Crippen molar-refractivity contribution in [3.8, 4) is 5.75 Å². The van der Waals surface area contributed by atoms with Crippen molar-refractivity contribution >= 4 is 5.69 Å². The van der Waals surface area contributed by atoms with E-state index in [9.17, 15) is 5.11 Å². The van der Waals surface area contributed by atoms with Crippen molar-refractivity contribution < 1.29 is 5.11 Å². The highest BCUT2D eigenvalue weighted by Crippen LogP contribution is 2.20. The molecule has 0 atom stereocenters. The summed E-state index contributed by atoms with van der Waals surface area (Å²) in [6.45, 7) is 3.56. The average molecular weight is 175 g/mol. The molecule has 3 N–H and O–H groups in total. The molecular weight excluding hydrogens is 162 g/mol. The van der Waals surface area contributed by atoms with Crippen molar-refractivity contribution in [1.29, 1.82) is 0 Å². The van der Waals surface area contributed by atoms with E-state index in [4.69, 9.17) is 5.73 Å². The van der Waals surface area contributed by atoms with Gasteiger partial charge in [0.2, 0.25) is 0 Å². The van der Waals surface area contributed by atoms with Gasteiger partial charge in [-0.15, -0.1) is 0 Å². The molecule has 0 saturated heterocycles. The Hall–Kier alpha value is -1.70. The van der Waals surface area contributed by atoms with Crippen LogP contribution in [0.5, 0.6) is 5.75 Å². The van der Waals surface area contributed by atoms with Crippen LogP contribution in [0.2, 0.25) is 0 Å². The molecule has 0 heterocycles. The Bertz CT molecular complexity index is 329. The number of hydrogen-bond acceptors (Lipinski definition) is 2. The predicted octanol–water partition coefficient (Wildman–Crippen LogP) is 2.26. The molecule has 13 heavy (non-hydrogen) atoms. The van der Waals surface area contributed by atoms with Crippen molar-refractivity contribution in [3.05, 3.63) is 48.6 Å². The minimum atomic E-state index is 0.244. The number of rotatable bonds is 3. The summed E-state index contributed by atoms with van der Waals surface area (Å²) in [4.78, 5) is 0. The minimum Gasteiger partial charge on any atom is -0.508 e. The van der Waals surface area contributed by atoms with Crippen molar-refractivity contribution in [3.63, 3.8) is 0 Å². The third-order valence-electron chi connectivity index (χ3n) is 1.72. The van der Waals surface area contributed by atoms with Crippen LogP contribution in [-0.2, 0) is 6.42 Å². The van der Waals surface area contributed by atoms with Crippen molar-refractivity contribution in [1.82, 2.24) is 0 Å². The average Bonchev–Trinajstić information content (AvgIpc) is 2.09. The van der Waals surface area contributed by atoms with Gasteiger partial charge in [-0.2, -0.15) is 0 Å². The second-order valence-electron chi connectivity index (χ2n) is 2.76. The first-order valence-corrected chi connectivity index (χ1v) is 4.09. The van der Waals surface area contributed by atoms with Gasteiger partial charge in [0.1, 0.15) is 5.75 Å². The maximum absolute atomic E-state index is 9.45. The number of anilines is 1. The van der Waals surface area contributed by atoms with Gasteiger partial charge in [0.25, 0.3) is 0 Å². The zero-order valence-corrected chi connectivity index (χ0v) is 7.40. The van der Waals surface area contributed by atoms with Gasteiger partial charge in [-0.05, 0) is 18.1 Å². The second kappa shape index (κ2) is 4.36. The first-order chi connectivity index (χ1) is 6.24. The number of hydrogen-bond donors (Lipinski definition) is 2. The zero-order chi connectivity index (χ0) is 9.68. The van der Waals surface area contributed by atoms with E-state index in [0.29, 0.717) is 12.1 Å². The summed E-state index contributed by atoms with van der Waals surface area (Å²) in [7, 11) is 0. The Balaban J connectivity index is 2.77. The Morgan fingerprint density at radius 2 is 2.23 bits per heavy atom. The molecule has 0 radical (unpaired) electrons. The van der Waals surface area contributed by atoms with E-state index < -0.39 is 0 Å². The third-order valence-corrected chi connectivity index (χ3v) is 1.72. The largest absolute Gasteiger partial charge is 0.508 e. The van der Waals surface area contributed by atoms with Crippen molar-refractivity contribution in [2.45, 2.75) is 6.42 Å². The van der Waals surface area contributed by atoms with E-state index in [0.717, 1.165) is 5.56 Å². The van der Waals surface area contributed by atoms with Crippen molar-refractivity contribution in [2.24, 2.45) is 0 Å². The molecule has 0 saturated carbocycles. The molecule has 68 valence electrons. The van der Waals surface area contributed by atoms with Crippen LogP contribution in [0.4, 0.5) is 5.69 Å². The summed E-state index contributed by atoms with van der Waals surface area (Å²) < 4.78 is 0. The van der Waals surface area contributed by atoms with Gasteiger partial charge >= 0.3 is 0 Å². The standard InChI is InChI=1S/C11H13NO/c1-2-3-4-5-9-6-7-10(12)8-11(9)13/h2-4,6-8,13H,1,5,12H2. The molecule has 0 aliphatic carbocycles. The van der Waals surface area contributed by atoms with E-state index >= 15 is 0 Å². The number of benzene rings is 1. The highest BCUT2D eigenvalue weighted by Gasteiger charge is 1.97. The Morgan fingerprint density at radius 3 is 2.85 bits per heavy atom. The molecule has 1 aromatic carbocycles. The highest BCUT2D eigenvalue weighted by molar-refractivity contribution is 5.48. The van der Waals surface area contributed by atoms with Gasteiger partial charge in [-0.1, -0.05) is 30.9 Å². The summed E-state index contributed by atoms with van der Waals surface area (Å²) in [5.74, 6) is 0.244. The van der Waals surface area contributed by atoms with Gasteiger partial charge in [0.15, 0.2) is 0 Å². The number of nitrogens with two attached hydrogens (primary N) is 1. The van der Waals surface area contributed by atoms with Crippen LogP contribution < -0.4 is 5.73 Å². The van der Waals surface area contributed by atoms with Crippen LogP contribution in [0, 0.1) is 0 Å². The molecule has 0 aromatic heterocycles. The van der Waals surface area contributed by atoms with E-state index in [1.807, 2.05) is 18.2 Å². The summed E-state index contributed by atoms with van der Waals surface area (Å²) in [6.07, 6.45) is 6.17. The van der Waals surface area contributed by atoms with Gasteiger partial charge in [-0.3, -0.25) is 0 Å². The lowest BCUT2D eigenvalue weighted by Gasteiger charge is -2.01. The molecule has 0 amide bonds. The number of allylic oxidation sites excluding steroid dienone is 3. The normalized spacial score (nSPS) is 10.5. The molecule has 0 spiro atoms. The van der Waals surface area contributed by atoms with E-state index in [1.54, 1.807) is 18.2 Å². The Labute approximate surface area is 78.0 Å². The number of phenolic OH excluding ortho intramolecular Hbond substituents is 1. The molecule has 1 aromatic rings. The SMILES string of the molecule is C=CC=CCc1ccc(N)cc1O. The van der Waals surface area contributed by atoms with Crippen LogP contribution >= 0.6 is 0 Å². The monoisotopic (exact) mass is 175 g/mol. The lowest BCUT2D eigenvalue weighted by molar-refractivity contribution is 0.470. The number of aromatic hydroxyl groups is 1. The molecule has 2 nitrogen and oxygen atoms in total. The molecule has 1 rings (SSSR count). The van der Waals surface area contributed by atoms with E-state index in [1.165, 1.54) is 0 Å². The van der Waals surface area contributed by atoms with Gasteiger partial charge in [-0.25, -0.2) is 0 Å². The van der Waals surface area contributed by atoms with Crippen LogP contribution in [0.25, 0.3) is 0 Å². The maximum atomic E-state index is 9.45. The van der Waals surface area contributed by atoms with Crippen LogP contribution in [0.3, 0.4) is 0 Å². The zero-order valence-electron chi connectivity index (χ0n) is 7.40. The molecule has 0 bridgehead atoms. The summed E-state index contributed by atoms with van der Waals surface area (Å²) in [5.41, 5.74) is 6.93. The smallest absolute Gasteiger partial charge is 0.121 e. The fourth-order valence-electron chi connectivity index (χ4n) is 1.04. The molecule has 0 fully saturated rings. The van der Waals surface area contributed by atoms with Gasteiger partial charge < -0.3 is 10.8 Å². The fraction of sp³-hybridized carbons (Fsp3) is 0.0909. The van der Waals surface area contributed by atoms with Crippen LogP contribution in [0.15, 0.2) is 43.0 Å². The first kappa shape index (κ1) is 9.39. The van der Waals surface area contributed by atoms with Crippen LogP contribution in [0.1, 0.15) is 5.56 Å². The van der Waals surface area contributed by atoms with E-state index in [-0.39, 0.29) is 5.75 Å². The number of nitrogen functional groups attached to an aromatic ring is 1. The fourth-order valence-corrected chi connectivity index (χ4v) is 1.04. The first-order valence-electron chi connectivity index (χ1n) is 4.09. The molecule has 0 aliphatic rings. The number of phenols is 1. The van der Waals surface area contributed by atoms with Gasteiger partial charge in [0, 0.05) is 11.8 Å². The quantitative estimate of drug-likeness (QED) is 0.546. The van der Waals surface area contributed by atoms with Crippen LogP contribution in [-0.4, -0.2) is 5.11 Å².